The smallest absolute Gasteiger partial charge is 0.267 e. The minimum Gasteiger partial charge on any atom is -0.489 e. The number of hydrogen-bond acceptors (Lipinski definition) is 7. The van der Waals surface area contributed by atoms with Crippen LogP contribution < -0.4 is 15.8 Å². The van der Waals surface area contributed by atoms with Gasteiger partial charge in [0.2, 0.25) is 0 Å². The summed E-state index contributed by atoms with van der Waals surface area (Å²) in [4.78, 5) is 30.2. The maximum absolute atomic E-state index is 13.2. The topological polar surface area (TPSA) is 121 Å². The Morgan fingerprint density at radius 2 is 1.92 bits per heavy atom. The monoisotopic (exact) mass is 489 g/mol. The van der Waals surface area contributed by atoms with Gasteiger partial charge in [-0.05, 0) is 68.1 Å². The Bertz CT molecular complexity index is 1240. The summed E-state index contributed by atoms with van der Waals surface area (Å²) in [5.74, 6) is -0.134. The van der Waals surface area contributed by atoms with Crippen molar-refractivity contribution in [2.24, 2.45) is 11.7 Å². The molecule has 0 saturated carbocycles. The van der Waals surface area contributed by atoms with Gasteiger partial charge in [0.05, 0.1) is 5.52 Å². The molecule has 9 nitrogen and oxygen atoms in total. The zero-order valence-corrected chi connectivity index (χ0v) is 20.1. The fourth-order valence-corrected chi connectivity index (χ4v) is 5.01. The SMILES string of the molecule is NC1(c2ccc(OCc3ccnc4ccccc34)cc2)CCN(N(O)C(=O)CC2CCNCC2)C1=O. The maximum atomic E-state index is 13.2. The first-order valence-electron chi connectivity index (χ1n) is 12.3. The number of hydrazine groups is 1. The van der Waals surface area contributed by atoms with E-state index in [2.05, 4.69) is 10.3 Å². The number of nitrogens with one attached hydrogen (secondary N) is 1. The van der Waals surface area contributed by atoms with E-state index in [-0.39, 0.29) is 25.3 Å². The van der Waals surface area contributed by atoms with Crippen molar-refractivity contribution in [3.05, 3.63) is 71.9 Å². The maximum Gasteiger partial charge on any atom is 0.267 e. The van der Waals surface area contributed by atoms with Crippen LogP contribution in [0, 0.1) is 5.92 Å². The van der Waals surface area contributed by atoms with Gasteiger partial charge in [-0.25, -0.2) is 5.01 Å². The van der Waals surface area contributed by atoms with Crippen LogP contribution in [-0.4, -0.2) is 51.8 Å². The lowest BCUT2D eigenvalue weighted by molar-refractivity contribution is -0.232. The molecule has 3 heterocycles. The first-order chi connectivity index (χ1) is 17.5. The standard InChI is InChI=1S/C27H31N5O4/c28-27(12-16-31(26(27)34)32(35)25(33)17-19-9-13-29-14-10-19)21-5-7-22(8-6-21)36-18-20-11-15-30-24-4-2-1-3-23(20)24/h1-8,11,15,19,29,35H,9-10,12-14,16-18,28H2. The third kappa shape index (κ3) is 4.77. The van der Waals surface area contributed by atoms with Gasteiger partial charge in [0, 0.05) is 30.1 Å². The van der Waals surface area contributed by atoms with Crippen LogP contribution in [0.3, 0.4) is 0 Å². The molecule has 9 heteroatoms. The second-order valence-corrected chi connectivity index (χ2v) is 9.53. The Labute approximate surface area is 209 Å². The van der Waals surface area contributed by atoms with Crippen LogP contribution in [0.1, 0.15) is 36.8 Å². The molecule has 36 heavy (non-hydrogen) atoms. The number of para-hydroxylation sites is 1. The Morgan fingerprint density at radius 3 is 2.69 bits per heavy atom. The molecular formula is C27H31N5O4. The number of fused-ring (bicyclic) bond motifs is 1. The number of benzene rings is 2. The van der Waals surface area contributed by atoms with E-state index < -0.39 is 17.4 Å². The van der Waals surface area contributed by atoms with Crippen molar-refractivity contribution in [2.45, 2.75) is 37.8 Å². The lowest BCUT2D eigenvalue weighted by Gasteiger charge is -2.30. The van der Waals surface area contributed by atoms with E-state index in [1.54, 1.807) is 30.5 Å². The summed E-state index contributed by atoms with van der Waals surface area (Å²) < 4.78 is 5.98. The number of carbonyl (C=O) groups excluding carboxylic acids is 2. The first-order valence-corrected chi connectivity index (χ1v) is 12.3. The molecule has 1 aromatic heterocycles. The number of rotatable bonds is 7. The van der Waals surface area contributed by atoms with Crippen molar-refractivity contribution >= 4 is 22.7 Å². The predicted molar refractivity (Wildman–Crippen MR) is 134 cm³/mol. The number of carbonyl (C=O) groups is 2. The average Bonchev–Trinajstić information content (AvgIpc) is 3.22. The quantitative estimate of drug-likeness (QED) is 0.345. The number of piperidine rings is 1. The van der Waals surface area contributed by atoms with Gasteiger partial charge in [-0.2, -0.15) is 0 Å². The molecule has 4 N–H and O–H groups in total. The highest BCUT2D eigenvalue weighted by atomic mass is 16.6. The zero-order valence-electron chi connectivity index (χ0n) is 20.1. The number of hydroxylamine groups is 1. The van der Waals surface area contributed by atoms with Crippen molar-refractivity contribution in [2.75, 3.05) is 19.6 Å². The number of aromatic nitrogens is 1. The van der Waals surface area contributed by atoms with Crippen molar-refractivity contribution in [3.63, 3.8) is 0 Å². The lowest BCUT2D eigenvalue weighted by atomic mass is 9.89. The fraction of sp³-hybridized carbons (Fsp3) is 0.370. The lowest BCUT2D eigenvalue weighted by Crippen LogP contribution is -2.52. The molecule has 2 aliphatic heterocycles. The summed E-state index contributed by atoms with van der Waals surface area (Å²) in [5.41, 5.74) is 7.74. The van der Waals surface area contributed by atoms with E-state index >= 15 is 0 Å². The molecule has 0 bridgehead atoms. The van der Waals surface area contributed by atoms with Crippen LogP contribution in [-0.2, 0) is 21.7 Å². The Morgan fingerprint density at radius 1 is 1.17 bits per heavy atom. The van der Waals surface area contributed by atoms with Crippen LogP contribution >= 0.6 is 0 Å². The normalized spacial score (nSPS) is 20.6. The number of amides is 2. The molecule has 0 spiro atoms. The zero-order chi connectivity index (χ0) is 25.1. The largest absolute Gasteiger partial charge is 0.489 e. The number of pyridine rings is 1. The Hall–Kier alpha value is -3.53. The summed E-state index contributed by atoms with van der Waals surface area (Å²) in [7, 11) is 0. The van der Waals surface area contributed by atoms with Crippen molar-refractivity contribution in [1.82, 2.24) is 20.5 Å². The van der Waals surface area contributed by atoms with Gasteiger partial charge in [-0.3, -0.25) is 19.8 Å². The minimum atomic E-state index is -1.32. The van der Waals surface area contributed by atoms with Crippen LogP contribution in [0.15, 0.2) is 60.8 Å². The molecule has 1 atom stereocenters. The third-order valence-electron chi connectivity index (χ3n) is 7.21. The molecule has 3 aromatic rings. The third-order valence-corrected chi connectivity index (χ3v) is 7.21. The second kappa shape index (κ2) is 10.2. The Kier molecular flexibility index (Phi) is 6.86. The summed E-state index contributed by atoms with van der Waals surface area (Å²) in [6.45, 7) is 2.26. The molecule has 1 unspecified atom stereocenters. The van der Waals surface area contributed by atoms with Crippen LogP contribution in [0.4, 0.5) is 0 Å². The molecule has 0 radical (unpaired) electrons. The molecule has 2 saturated heterocycles. The van der Waals surface area contributed by atoms with E-state index in [9.17, 15) is 14.8 Å². The average molecular weight is 490 g/mol. The van der Waals surface area contributed by atoms with Gasteiger partial charge in [0.1, 0.15) is 17.9 Å². The molecule has 2 aromatic carbocycles. The number of nitrogens with zero attached hydrogens (tertiary/aromatic N) is 3. The van der Waals surface area contributed by atoms with E-state index in [0.717, 1.165) is 47.4 Å². The van der Waals surface area contributed by atoms with E-state index in [1.165, 1.54) is 0 Å². The summed E-state index contributed by atoms with van der Waals surface area (Å²) in [6, 6.07) is 16.9. The molecule has 0 aliphatic carbocycles. The summed E-state index contributed by atoms with van der Waals surface area (Å²) >= 11 is 0. The van der Waals surface area contributed by atoms with Gasteiger partial charge < -0.3 is 15.8 Å². The number of nitrogens with two attached hydrogens (primary N) is 1. The van der Waals surface area contributed by atoms with E-state index in [4.69, 9.17) is 10.5 Å². The highest BCUT2D eigenvalue weighted by Crippen LogP contribution is 2.33. The van der Waals surface area contributed by atoms with Crippen LogP contribution in [0.2, 0.25) is 0 Å². The first kappa shape index (κ1) is 24.2. The highest BCUT2D eigenvalue weighted by Gasteiger charge is 2.48. The van der Waals surface area contributed by atoms with E-state index in [0.29, 0.717) is 23.1 Å². The van der Waals surface area contributed by atoms with Gasteiger partial charge in [0.25, 0.3) is 11.8 Å². The molecule has 5 rings (SSSR count). The minimum absolute atomic E-state index is 0.164. The Balaban J connectivity index is 1.22. The number of hydrogen-bond donors (Lipinski definition) is 3. The summed E-state index contributed by atoms with van der Waals surface area (Å²) in [6.07, 6.45) is 4.01. The molecular weight excluding hydrogens is 458 g/mol. The molecule has 2 amide bonds. The van der Waals surface area contributed by atoms with Crippen molar-refractivity contribution in [1.29, 1.82) is 0 Å². The van der Waals surface area contributed by atoms with Crippen molar-refractivity contribution in [3.8, 4) is 5.75 Å². The molecule has 2 aliphatic rings. The highest BCUT2D eigenvalue weighted by molar-refractivity contribution is 5.91. The molecule has 188 valence electrons. The van der Waals surface area contributed by atoms with E-state index in [1.807, 2.05) is 30.3 Å². The van der Waals surface area contributed by atoms with Gasteiger partial charge in [-0.15, -0.1) is 5.17 Å². The van der Waals surface area contributed by atoms with Crippen LogP contribution in [0.5, 0.6) is 5.75 Å². The summed E-state index contributed by atoms with van der Waals surface area (Å²) in [5, 5.41) is 16.3. The van der Waals surface area contributed by atoms with Crippen molar-refractivity contribution < 1.29 is 19.5 Å². The number of ether oxygens (including phenoxy) is 1. The molecule has 2 fully saturated rings. The second-order valence-electron chi connectivity index (χ2n) is 9.53. The van der Waals surface area contributed by atoms with Crippen LogP contribution in [0.25, 0.3) is 10.9 Å². The van der Waals surface area contributed by atoms with Gasteiger partial charge >= 0.3 is 0 Å². The van der Waals surface area contributed by atoms with Gasteiger partial charge in [-0.1, -0.05) is 30.3 Å². The predicted octanol–water partition coefficient (Wildman–Crippen LogP) is 2.72. The fourth-order valence-electron chi connectivity index (χ4n) is 5.01. The van der Waals surface area contributed by atoms with Gasteiger partial charge in [0.15, 0.2) is 0 Å².